The van der Waals surface area contributed by atoms with Gasteiger partial charge < -0.3 is 33.8 Å². The first-order chi connectivity index (χ1) is 49.2. The van der Waals surface area contributed by atoms with Crippen LogP contribution in [0.15, 0.2) is 0 Å². The zero-order chi connectivity index (χ0) is 75.1. The highest BCUT2D eigenvalue weighted by atomic mass is 31.2. The lowest BCUT2D eigenvalue weighted by atomic mass is 10.0. The SMILES string of the molecule is CCCCCCCCCCCCC(=O)OC[C@H](COP(=O)(O)OC[C@H](O)COP(=O)(O)OC[C@@H](COC(=O)CCCCCCCCCCCCCCCCCC(C)C)OC(=O)CCCCCCCCCCCCCCCCCCCCC(C)C)OC(=O)CCCCCCCCCCCCC(C)C. The van der Waals surface area contributed by atoms with Crippen molar-refractivity contribution < 1.29 is 80.2 Å². The average molecular weight is 1490 g/mol. The Balaban J connectivity index is 5.22. The zero-order valence-electron chi connectivity index (χ0n) is 67.1. The number of esters is 4. The molecule has 17 nitrogen and oxygen atoms in total. The van der Waals surface area contributed by atoms with Gasteiger partial charge in [0.15, 0.2) is 12.2 Å². The standard InChI is InChI=1S/C83H162O17P2/c1-8-9-10-11-12-13-36-43-50-57-64-80(85)93-70-78(100-83(88)67-60-53-46-39-32-31-35-42-49-56-63-76(6)7)72-97-101(89,90)95-68-77(84)69-96-102(91,92)98-73-79(71-94-81(86)65-58-51-44-37-29-25-22-18-20-24-28-34-41-48-55-62-75(4)5)99-82(87)66-59-52-45-38-30-26-21-17-15-14-16-19-23-27-33-40-47-54-61-74(2)3/h74-79,84H,8-73H2,1-7H3,(H,89,90)(H,91,92)/t77-,78+,79+/m0/s1. The van der Waals surface area contributed by atoms with Crippen molar-refractivity contribution in [1.82, 2.24) is 0 Å². The summed E-state index contributed by atoms with van der Waals surface area (Å²) in [5.41, 5.74) is 0. The molecule has 2 unspecified atom stereocenters. The highest BCUT2D eigenvalue weighted by Crippen LogP contribution is 2.45. The monoisotopic (exact) mass is 1490 g/mol. The molecule has 0 aromatic rings. The fourth-order valence-corrected chi connectivity index (χ4v) is 14.4. The third kappa shape index (κ3) is 76.3. The Morgan fingerprint density at radius 1 is 0.265 bits per heavy atom. The summed E-state index contributed by atoms with van der Waals surface area (Å²) in [7, 11) is -9.92. The van der Waals surface area contributed by atoms with Crippen LogP contribution in [-0.4, -0.2) is 96.7 Å². The fourth-order valence-electron chi connectivity index (χ4n) is 12.8. The molecule has 0 rings (SSSR count). The predicted octanol–water partition coefficient (Wildman–Crippen LogP) is 24.9. The van der Waals surface area contributed by atoms with Gasteiger partial charge in [-0.1, -0.05) is 382 Å². The van der Waals surface area contributed by atoms with Crippen LogP contribution in [0.2, 0.25) is 0 Å². The maximum absolute atomic E-state index is 13.1. The maximum atomic E-state index is 13.1. The number of aliphatic hydroxyl groups excluding tert-OH is 1. The number of carbonyl (C=O) groups is 4. The summed E-state index contributed by atoms with van der Waals surface area (Å²) in [6.45, 7) is 12.0. The second-order valence-corrected chi connectivity index (χ2v) is 34.2. The predicted molar refractivity (Wildman–Crippen MR) is 418 cm³/mol. The molecular weight excluding hydrogens is 1330 g/mol. The number of hydrogen-bond acceptors (Lipinski definition) is 15. The topological polar surface area (TPSA) is 237 Å². The molecule has 0 amide bonds. The molecular formula is C83H162O17P2. The van der Waals surface area contributed by atoms with Gasteiger partial charge in [-0.3, -0.25) is 37.3 Å². The van der Waals surface area contributed by atoms with Crippen LogP contribution in [0.1, 0.15) is 434 Å². The average Bonchev–Trinajstić information content (AvgIpc) is 0.910. The second-order valence-electron chi connectivity index (χ2n) is 31.3. The van der Waals surface area contributed by atoms with Gasteiger partial charge in [-0.05, 0) is 43.4 Å². The summed E-state index contributed by atoms with van der Waals surface area (Å²) < 4.78 is 68.8. The minimum atomic E-state index is -4.96. The third-order valence-corrected chi connectivity index (χ3v) is 21.3. The Morgan fingerprint density at radius 2 is 0.451 bits per heavy atom. The molecule has 0 saturated heterocycles. The molecule has 0 aromatic carbocycles. The molecule has 0 aliphatic carbocycles. The molecule has 5 atom stereocenters. The van der Waals surface area contributed by atoms with Gasteiger partial charge in [0.05, 0.1) is 26.4 Å². The number of aliphatic hydroxyl groups is 1. The first-order valence-electron chi connectivity index (χ1n) is 42.8. The van der Waals surface area contributed by atoms with E-state index in [9.17, 15) is 43.2 Å². The van der Waals surface area contributed by atoms with E-state index >= 15 is 0 Å². The van der Waals surface area contributed by atoms with Crippen molar-refractivity contribution in [1.29, 1.82) is 0 Å². The molecule has 102 heavy (non-hydrogen) atoms. The molecule has 0 radical (unpaired) electrons. The Kier molecular flexibility index (Phi) is 71.8. The molecule has 0 aliphatic heterocycles. The molecule has 0 fully saturated rings. The quantitative estimate of drug-likeness (QED) is 0.0222. The minimum Gasteiger partial charge on any atom is -0.462 e. The van der Waals surface area contributed by atoms with Crippen LogP contribution in [0.3, 0.4) is 0 Å². The van der Waals surface area contributed by atoms with E-state index in [4.69, 9.17) is 37.0 Å². The number of ether oxygens (including phenoxy) is 4. The maximum Gasteiger partial charge on any atom is 0.472 e. The van der Waals surface area contributed by atoms with Gasteiger partial charge in [-0.15, -0.1) is 0 Å². The summed E-state index contributed by atoms with van der Waals surface area (Å²) in [5.74, 6) is 0.270. The smallest absolute Gasteiger partial charge is 0.462 e. The van der Waals surface area contributed by atoms with Crippen molar-refractivity contribution in [3.63, 3.8) is 0 Å². The van der Waals surface area contributed by atoms with Gasteiger partial charge in [0.1, 0.15) is 19.3 Å². The molecule has 3 N–H and O–H groups in total. The molecule has 0 aromatic heterocycles. The Bertz CT molecular complexity index is 1970. The highest BCUT2D eigenvalue weighted by Gasteiger charge is 2.30. The number of carbonyl (C=O) groups excluding carboxylic acids is 4. The van der Waals surface area contributed by atoms with E-state index < -0.39 is 97.5 Å². The minimum absolute atomic E-state index is 0.106. The summed E-state index contributed by atoms with van der Waals surface area (Å²) in [6.07, 6.45) is 62.5. The number of unbranched alkanes of at least 4 members (excludes halogenated alkanes) is 49. The van der Waals surface area contributed by atoms with Crippen LogP contribution in [-0.2, 0) is 65.4 Å². The summed E-state index contributed by atoms with van der Waals surface area (Å²) >= 11 is 0. The van der Waals surface area contributed by atoms with Gasteiger partial charge in [0.2, 0.25) is 0 Å². The van der Waals surface area contributed by atoms with Crippen LogP contribution < -0.4 is 0 Å². The Morgan fingerprint density at radius 3 is 0.667 bits per heavy atom. The fraction of sp³-hybridized carbons (Fsp3) is 0.952. The zero-order valence-corrected chi connectivity index (χ0v) is 68.9. The van der Waals surface area contributed by atoms with Gasteiger partial charge in [0.25, 0.3) is 0 Å². The van der Waals surface area contributed by atoms with E-state index in [1.165, 1.54) is 244 Å². The van der Waals surface area contributed by atoms with Crippen molar-refractivity contribution in [2.75, 3.05) is 39.6 Å². The van der Waals surface area contributed by atoms with E-state index in [1.54, 1.807) is 0 Å². The van der Waals surface area contributed by atoms with Gasteiger partial charge in [-0.25, -0.2) is 9.13 Å². The van der Waals surface area contributed by atoms with Crippen molar-refractivity contribution >= 4 is 39.5 Å². The van der Waals surface area contributed by atoms with Crippen molar-refractivity contribution in [3.8, 4) is 0 Å². The second kappa shape index (κ2) is 73.2. The van der Waals surface area contributed by atoms with Crippen molar-refractivity contribution in [3.05, 3.63) is 0 Å². The Hall–Kier alpha value is -1.94. The van der Waals surface area contributed by atoms with E-state index in [2.05, 4.69) is 48.5 Å². The van der Waals surface area contributed by atoms with E-state index in [0.29, 0.717) is 25.7 Å². The highest BCUT2D eigenvalue weighted by molar-refractivity contribution is 7.47. The number of rotatable bonds is 81. The van der Waals surface area contributed by atoms with E-state index in [0.717, 1.165) is 108 Å². The Labute approximate surface area is 626 Å². The lowest BCUT2D eigenvalue weighted by Crippen LogP contribution is -2.30. The number of hydrogen-bond donors (Lipinski definition) is 3. The number of phosphoric ester groups is 2. The van der Waals surface area contributed by atoms with Gasteiger partial charge in [0, 0.05) is 25.7 Å². The third-order valence-electron chi connectivity index (χ3n) is 19.4. The number of phosphoric acid groups is 2. The van der Waals surface area contributed by atoms with Crippen molar-refractivity contribution in [2.24, 2.45) is 17.8 Å². The van der Waals surface area contributed by atoms with Crippen LogP contribution in [0.5, 0.6) is 0 Å². The van der Waals surface area contributed by atoms with Crippen LogP contribution in [0, 0.1) is 17.8 Å². The van der Waals surface area contributed by atoms with E-state index in [1.807, 2.05) is 0 Å². The molecule has 0 aliphatic rings. The van der Waals surface area contributed by atoms with Crippen LogP contribution in [0.25, 0.3) is 0 Å². The molecule has 0 spiro atoms. The first kappa shape index (κ1) is 100. The van der Waals surface area contributed by atoms with Crippen molar-refractivity contribution in [2.45, 2.75) is 452 Å². The molecule has 0 bridgehead atoms. The van der Waals surface area contributed by atoms with E-state index in [-0.39, 0.29) is 25.7 Å². The largest absolute Gasteiger partial charge is 0.472 e. The normalized spacial score (nSPS) is 13.9. The lowest BCUT2D eigenvalue weighted by molar-refractivity contribution is -0.161. The first-order valence-corrected chi connectivity index (χ1v) is 45.8. The van der Waals surface area contributed by atoms with Gasteiger partial charge >= 0.3 is 39.5 Å². The molecule has 606 valence electrons. The van der Waals surface area contributed by atoms with Crippen LogP contribution in [0.4, 0.5) is 0 Å². The summed E-state index contributed by atoms with van der Waals surface area (Å²) in [6, 6.07) is 0. The van der Waals surface area contributed by atoms with Gasteiger partial charge in [-0.2, -0.15) is 0 Å². The van der Waals surface area contributed by atoms with Crippen LogP contribution >= 0.6 is 15.6 Å². The molecule has 19 heteroatoms. The lowest BCUT2D eigenvalue weighted by Gasteiger charge is -2.21. The molecule has 0 saturated carbocycles. The summed E-state index contributed by atoms with van der Waals surface area (Å²) in [5, 5.41) is 10.6. The summed E-state index contributed by atoms with van der Waals surface area (Å²) in [4.78, 5) is 73.1. The molecule has 0 heterocycles.